The number of halogens is 1. The highest BCUT2D eigenvalue weighted by Crippen LogP contribution is 2.18. The van der Waals surface area contributed by atoms with Gasteiger partial charge >= 0.3 is 5.97 Å². The van der Waals surface area contributed by atoms with Gasteiger partial charge in [-0.2, -0.15) is 0 Å². The molecule has 3 rings (SSSR count). The molecule has 29 heavy (non-hydrogen) atoms. The molecule has 2 aromatic carbocycles. The molecule has 1 N–H and O–H groups in total. The van der Waals surface area contributed by atoms with Crippen LogP contribution in [-0.2, 0) is 14.4 Å². The van der Waals surface area contributed by atoms with E-state index in [1.807, 2.05) is 49.4 Å². The topological polar surface area (TPSA) is 59.9 Å². The summed E-state index contributed by atoms with van der Waals surface area (Å²) in [5, 5.41) is 7.87. The normalized spacial score (nSPS) is 19.2. The number of esters is 1. The third-order valence-corrected chi connectivity index (χ3v) is 5.02. The SMILES string of the molecule is CCOC(=O)[C@@H]1CC[C@@H](CO/N=C(/c2ccccc2)c2ccccc2C)NC1.Cl. The van der Waals surface area contributed by atoms with Crippen molar-refractivity contribution >= 4 is 24.1 Å². The first-order chi connectivity index (χ1) is 13.7. The molecule has 5 nitrogen and oxygen atoms in total. The molecule has 2 aromatic rings. The van der Waals surface area contributed by atoms with Crippen LogP contribution in [0.15, 0.2) is 59.8 Å². The fourth-order valence-electron chi connectivity index (χ4n) is 3.40. The van der Waals surface area contributed by atoms with Crippen LogP contribution >= 0.6 is 12.4 Å². The molecule has 0 aromatic heterocycles. The van der Waals surface area contributed by atoms with E-state index in [9.17, 15) is 4.79 Å². The number of nitrogens with zero attached hydrogens (tertiary/aromatic N) is 1. The van der Waals surface area contributed by atoms with Crippen LogP contribution < -0.4 is 5.32 Å². The number of nitrogens with one attached hydrogen (secondary N) is 1. The predicted octanol–water partition coefficient (Wildman–Crippen LogP) is 4.12. The summed E-state index contributed by atoms with van der Waals surface area (Å²) in [6.07, 6.45) is 1.68. The first kappa shape index (κ1) is 22.9. The van der Waals surface area contributed by atoms with Crippen LogP contribution in [0.1, 0.15) is 36.5 Å². The van der Waals surface area contributed by atoms with Crippen molar-refractivity contribution in [2.24, 2.45) is 11.1 Å². The molecule has 0 bridgehead atoms. The zero-order valence-electron chi connectivity index (χ0n) is 17.0. The Labute approximate surface area is 178 Å². The van der Waals surface area contributed by atoms with Crippen LogP contribution in [0.2, 0.25) is 0 Å². The molecule has 0 amide bonds. The highest BCUT2D eigenvalue weighted by atomic mass is 35.5. The van der Waals surface area contributed by atoms with E-state index in [2.05, 4.69) is 29.5 Å². The first-order valence-electron chi connectivity index (χ1n) is 9.90. The van der Waals surface area contributed by atoms with Crippen molar-refractivity contribution in [3.05, 3.63) is 71.3 Å². The number of benzene rings is 2. The van der Waals surface area contributed by atoms with Gasteiger partial charge in [0.25, 0.3) is 0 Å². The average molecular weight is 417 g/mol. The largest absolute Gasteiger partial charge is 0.466 e. The fraction of sp³-hybridized carbons (Fsp3) is 0.391. The van der Waals surface area contributed by atoms with E-state index in [0.717, 1.165) is 35.2 Å². The summed E-state index contributed by atoms with van der Waals surface area (Å²) >= 11 is 0. The van der Waals surface area contributed by atoms with Crippen LogP contribution in [0.3, 0.4) is 0 Å². The van der Waals surface area contributed by atoms with E-state index in [0.29, 0.717) is 19.8 Å². The lowest BCUT2D eigenvalue weighted by Crippen LogP contribution is -2.44. The average Bonchev–Trinajstić information content (AvgIpc) is 2.73. The molecule has 2 atom stereocenters. The van der Waals surface area contributed by atoms with Crippen molar-refractivity contribution in [2.75, 3.05) is 19.8 Å². The molecule has 156 valence electrons. The maximum Gasteiger partial charge on any atom is 0.310 e. The lowest BCUT2D eigenvalue weighted by molar-refractivity contribution is -0.148. The Morgan fingerprint density at radius 3 is 2.48 bits per heavy atom. The quantitative estimate of drug-likeness (QED) is 0.419. The second-order valence-electron chi connectivity index (χ2n) is 7.05. The molecular weight excluding hydrogens is 388 g/mol. The Balaban J connectivity index is 0.00000300. The minimum Gasteiger partial charge on any atom is -0.466 e. The van der Waals surface area contributed by atoms with Crippen molar-refractivity contribution in [3.8, 4) is 0 Å². The summed E-state index contributed by atoms with van der Waals surface area (Å²) in [7, 11) is 0. The second kappa shape index (κ2) is 11.6. The van der Waals surface area contributed by atoms with Crippen LogP contribution in [0, 0.1) is 12.8 Å². The van der Waals surface area contributed by atoms with Crippen LogP contribution in [0.4, 0.5) is 0 Å². The van der Waals surface area contributed by atoms with Gasteiger partial charge in [0.15, 0.2) is 0 Å². The van der Waals surface area contributed by atoms with Crippen molar-refractivity contribution in [1.82, 2.24) is 5.32 Å². The first-order valence-corrected chi connectivity index (χ1v) is 9.90. The Morgan fingerprint density at radius 2 is 1.83 bits per heavy atom. The molecule has 0 unspecified atom stereocenters. The van der Waals surface area contributed by atoms with Gasteiger partial charge in [0, 0.05) is 23.7 Å². The van der Waals surface area contributed by atoms with Crippen molar-refractivity contribution < 1.29 is 14.4 Å². The second-order valence-corrected chi connectivity index (χ2v) is 7.05. The van der Waals surface area contributed by atoms with E-state index in [-0.39, 0.29) is 30.3 Å². The van der Waals surface area contributed by atoms with Crippen LogP contribution in [-0.4, -0.2) is 37.5 Å². The van der Waals surface area contributed by atoms with E-state index < -0.39 is 0 Å². The lowest BCUT2D eigenvalue weighted by atomic mass is 9.95. The summed E-state index contributed by atoms with van der Waals surface area (Å²) in [4.78, 5) is 17.6. The predicted molar refractivity (Wildman–Crippen MR) is 118 cm³/mol. The van der Waals surface area contributed by atoms with Gasteiger partial charge < -0.3 is 14.9 Å². The molecule has 0 aliphatic carbocycles. The van der Waals surface area contributed by atoms with Crippen LogP contribution in [0.5, 0.6) is 0 Å². The summed E-state index contributed by atoms with van der Waals surface area (Å²) in [6, 6.07) is 18.4. The summed E-state index contributed by atoms with van der Waals surface area (Å²) < 4.78 is 5.11. The van der Waals surface area contributed by atoms with Crippen molar-refractivity contribution in [1.29, 1.82) is 0 Å². The number of oxime groups is 1. The van der Waals surface area contributed by atoms with Gasteiger partial charge in [-0.15, -0.1) is 12.4 Å². The van der Waals surface area contributed by atoms with Gasteiger partial charge in [-0.1, -0.05) is 59.8 Å². The zero-order valence-corrected chi connectivity index (χ0v) is 17.8. The zero-order chi connectivity index (χ0) is 19.8. The molecular formula is C23H29ClN2O3. The molecule has 1 aliphatic rings. The molecule has 1 heterocycles. The van der Waals surface area contributed by atoms with Gasteiger partial charge in [0.05, 0.1) is 12.5 Å². The monoisotopic (exact) mass is 416 g/mol. The molecule has 1 saturated heterocycles. The minimum absolute atomic E-state index is 0. The molecule has 6 heteroatoms. The van der Waals surface area contributed by atoms with Gasteiger partial charge in [0.1, 0.15) is 12.3 Å². The Kier molecular flexibility index (Phi) is 9.16. The number of carbonyl (C=O) groups excluding carboxylic acids is 1. The minimum atomic E-state index is -0.113. The molecule has 0 radical (unpaired) electrons. The maximum absolute atomic E-state index is 11.8. The number of piperidine rings is 1. The number of aryl methyl sites for hydroxylation is 1. The molecule has 0 saturated carbocycles. The lowest BCUT2D eigenvalue weighted by Gasteiger charge is -2.27. The summed E-state index contributed by atoms with van der Waals surface area (Å²) in [5.41, 5.74) is 4.07. The number of carbonyl (C=O) groups is 1. The number of hydrogen-bond acceptors (Lipinski definition) is 5. The van der Waals surface area contributed by atoms with E-state index in [1.165, 1.54) is 0 Å². The number of ether oxygens (including phenoxy) is 1. The van der Waals surface area contributed by atoms with E-state index >= 15 is 0 Å². The van der Waals surface area contributed by atoms with Gasteiger partial charge in [0.2, 0.25) is 0 Å². The summed E-state index contributed by atoms with van der Waals surface area (Å²) in [6.45, 7) is 5.43. The van der Waals surface area contributed by atoms with Gasteiger partial charge in [-0.05, 0) is 32.3 Å². The van der Waals surface area contributed by atoms with Crippen molar-refractivity contribution in [2.45, 2.75) is 32.7 Å². The third-order valence-electron chi connectivity index (χ3n) is 5.02. The fourth-order valence-corrected chi connectivity index (χ4v) is 3.40. The van der Waals surface area contributed by atoms with Gasteiger partial charge in [-0.25, -0.2) is 0 Å². The summed E-state index contributed by atoms with van der Waals surface area (Å²) in [5.74, 6) is -0.176. The Bertz CT molecular complexity index is 803. The smallest absolute Gasteiger partial charge is 0.310 e. The Morgan fingerprint density at radius 1 is 1.10 bits per heavy atom. The Hall–Kier alpha value is -2.37. The molecule has 1 fully saturated rings. The molecule has 1 aliphatic heterocycles. The van der Waals surface area contributed by atoms with E-state index in [1.54, 1.807) is 0 Å². The van der Waals surface area contributed by atoms with Crippen LogP contribution in [0.25, 0.3) is 0 Å². The van der Waals surface area contributed by atoms with E-state index in [4.69, 9.17) is 9.57 Å². The molecule has 0 spiro atoms. The number of hydrogen-bond donors (Lipinski definition) is 1. The van der Waals surface area contributed by atoms with Crippen molar-refractivity contribution in [3.63, 3.8) is 0 Å². The highest BCUT2D eigenvalue weighted by Gasteiger charge is 2.27. The standard InChI is InChI=1S/C23H28N2O3.ClH/c1-3-27-23(26)19-13-14-20(24-15-19)16-28-25-22(18-10-5-4-6-11-18)21-12-8-7-9-17(21)2;/h4-12,19-20,24H,3,13-16H2,1-2H3;1H/b25-22-;/t19-,20+;/m1./s1. The van der Waals surface area contributed by atoms with Gasteiger partial charge in [-0.3, -0.25) is 4.79 Å². The third kappa shape index (κ3) is 6.31. The number of rotatable bonds is 7. The maximum atomic E-state index is 11.8. The highest BCUT2D eigenvalue weighted by molar-refractivity contribution is 6.13.